The zero-order valence-corrected chi connectivity index (χ0v) is 53.3. The Hall–Kier alpha value is -8.94. The molecule has 3 N–H and O–H groups in total. The minimum atomic E-state index is -0.898. The molecule has 0 saturated carbocycles. The third kappa shape index (κ3) is 18.2. The van der Waals surface area contributed by atoms with E-state index in [0.717, 1.165) is 56.9 Å². The fraction of sp³-hybridized carbons (Fsp3) is 0.507. The highest BCUT2D eigenvalue weighted by Gasteiger charge is 2.49. The maximum absolute atomic E-state index is 14.1. The van der Waals surface area contributed by atoms with Crippen molar-refractivity contribution < 1.29 is 86.2 Å². The van der Waals surface area contributed by atoms with Gasteiger partial charge in [-0.15, -0.1) is 0 Å². The van der Waals surface area contributed by atoms with Crippen molar-refractivity contribution >= 4 is 70.8 Å². The average Bonchev–Trinajstić information content (AvgIpc) is 1.66. The first kappa shape index (κ1) is 69.9. The molecule has 1 aromatic heterocycles. The number of imidazole rings is 1. The number of carbonyl (C=O) groups is 7. The van der Waals surface area contributed by atoms with Crippen LogP contribution in [0.4, 0.5) is 32.5 Å². The van der Waals surface area contributed by atoms with Gasteiger partial charge in [0.15, 0.2) is 30.9 Å². The zero-order valence-electron chi connectivity index (χ0n) is 53.3. The maximum atomic E-state index is 14.1. The summed E-state index contributed by atoms with van der Waals surface area (Å²) >= 11 is 0. The molecule has 6 aliphatic heterocycles. The molecule has 26 nitrogen and oxygen atoms in total. The molecule has 0 radical (unpaired) electrons. The van der Waals surface area contributed by atoms with Crippen LogP contribution in [0.2, 0.25) is 0 Å². The van der Waals surface area contributed by atoms with Gasteiger partial charge in [-0.1, -0.05) is 43.0 Å². The van der Waals surface area contributed by atoms with E-state index in [1.807, 2.05) is 54.8 Å². The van der Waals surface area contributed by atoms with E-state index in [1.54, 1.807) is 42.1 Å². The number of benzene rings is 3. The van der Waals surface area contributed by atoms with Crippen LogP contribution in [0, 0.1) is 20.8 Å². The molecule has 0 spiro atoms. The summed E-state index contributed by atoms with van der Waals surface area (Å²) < 4.78 is 49.5. The van der Waals surface area contributed by atoms with Gasteiger partial charge in [-0.05, 0) is 146 Å². The molecule has 10 rings (SSSR count). The molecule has 0 bridgehead atoms. The summed E-state index contributed by atoms with van der Waals surface area (Å²) in [5, 5.41) is 14.5. The van der Waals surface area contributed by atoms with Crippen LogP contribution in [-0.4, -0.2) is 162 Å². The summed E-state index contributed by atoms with van der Waals surface area (Å²) in [5.74, 6) is -0.606. The number of aromatic nitrogens is 2. The second kappa shape index (κ2) is 34.1. The summed E-state index contributed by atoms with van der Waals surface area (Å²) in [6.45, 7) is 15.6. The van der Waals surface area contributed by atoms with Gasteiger partial charge >= 0.3 is 24.3 Å². The molecule has 4 aromatic rings. The number of carbonyl (C=O) groups excluding carboxylic acids is 8. The number of fused-ring (bicyclic) bond motifs is 4. The molecule has 3 aromatic carbocycles. The summed E-state index contributed by atoms with van der Waals surface area (Å²) in [5.41, 5.74) is 4.53. The number of nitrogens with one attached hydrogen (secondary N) is 2. The Bertz CT molecular complexity index is 3340. The Kier molecular flexibility index (Phi) is 25.6. The van der Waals surface area contributed by atoms with E-state index in [0.29, 0.717) is 116 Å². The van der Waals surface area contributed by atoms with Crippen LogP contribution >= 0.6 is 0 Å². The number of hydrogen-bond acceptors (Lipinski definition) is 18. The van der Waals surface area contributed by atoms with Crippen molar-refractivity contribution in [2.24, 2.45) is 7.05 Å². The number of hydrogen-bond donors (Lipinski definition) is 3. The van der Waals surface area contributed by atoms with Gasteiger partial charge in [0.25, 0.3) is 17.7 Å². The van der Waals surface area contributed by atoms with Crippen molar-refractivity contribution in [2.75, 3.05) is 73.2 Å². The number of aryl methyl sites for hydroxylation is 4. The molecule has 6 amide bonds. The Morgan fingerprint density at radius 1 is 0.667 bits per heavy atom. The molecule has 3 unspecified atom stereocenters. The lowest BCUT2D eigenvalue weighted by Crippen LogP contribution is -2.57. The van der Waals surface area contributed by atoms with Crippen molar-refractivity contribution in [2.45, 2.75) is 161 Å². The SMILES string of the molecule is C=CCOC(=O)N1c2cc(OCCCC(=O)Nc3cn(C)c(C(=O)Nc4ccc(C)cc4)n3)c(C)cc2C(=O)N2CCCC[C@H]2[C@@H]1OC1CCCCO1.C=CCOC(=O)N1c2cc(OCCCC(=O)O)c(C)cc2C(=O)N2CCCC[C@H]2C1OC1CCCCO1.O=C=O. The molecule has 6 atom stereocenters. The number of piperidine rings is 2. The number of aliphatic carboxylic acids is 1. The van der Waals surface area contributed by atoms with E-state index in [2.05, 4.69) is 28.8 Å². The van der Waals surface area contributed by atoms with Crippen LogP contribution in [0.15, 0.2) is 80.0 Å². The maximum Gasteiger partial charge on any atom is 0.416 e. The molecule has 6 aliphatic rings. The molecule has 7 heterocycles. The molecule has 4 saturated heterocycles. The van der Waals surface area contributed by atoms with Crippen LogP contribution in [0.1, 0.15) is 151 Å². The fourth-order valence-corrected chi connectivity index (χ4v) is 12.0. The lowest BCUT2D eigenvalue weighted by atomic mass is 10.00. The molecular formula is C67H84N8O18. The first-order chi connectivity index (χ1) is 44.9. The van der Waals surface area contributed by atoms with Gasteiger partial charge in [0.1, 0.15) is 24.7 Å². The van der Waals surface area contributed by atoms with Crippen LogP contribution in [0.5, 0.6) is 11.5 Å². The molecule has 26 heteroatoms. The van der Waals surface area contributed by atoms with E-state index >= 15 is 0 Å². The highest BCUT2D eigenvalue weighted by molar-refractivity contribution is 6.07. The van der Waals surface area contributed by atoms with Crippen molar-refractivity contribution in [3.8, 4) is 11.5 Å². The second-order valence-corrected chi connectivity index (χ2v) is 23.3. The van der Waals surface area contributed by atoms with Crippen molar-refractivity contribution in [3.05, 3.63) is 114 Å². The average molecular weight is 1290 g/mol. The van der Waals surface area contributed by atoms with Crippen molar-refractivity contribution in [3.63, 3.8) is 0 Å². The number of carboxylic acid groups (broad SMARTS) is 1. The van der Waals surface area contributed by atoms with Gasteiger partial charge in [0, 0.05) is 70.2 Å². The highest BCUT2D eigenvalue weighted by atomic mass is 16.7. The molecule has 500 valence electrons. The van der Waals surface area contributed by atoms with Crippen molar-refractivity contribution in [1.82, 2.24) is 19.4 Å². The van der Waals surface area contributed by atoms with Gasteiger partial charge in [-0.25, -0.2) is 24.4 Å². The summed E-state index contributed by atoms with van der Waals surface area (Å²) in [7, 11) is 1.68. The van der Waals surface area contributed by atoms with E-state index in [-0.39, 0.29) is 80.8 Å². The predicted octanol–water partition coefficient (Wildman–Crippen LogP) is 9.76. The summed E-state index contributed by atoms with van der Waals surface area (Å²) in [6, 6.07) is 13.5. The highest BCUT2D eigenvalue weighted by Crippen LogP contribution is 2.42. The smallest absolute Gasteiger partial charge is 0.416 e. The fourth-order valence-electron chi connectivity index (χ4n) is 12.0. The largest absolute Gasteiger partial charge is 0.493 e. The third-order valence-corrected chi connectivity index (χ3v) is 16.5. The first-order valence-electron chi connectivity index (χ1n) is 31.7. The number of carboxylic acids is 1. The van der Waals surface area contributed by atoms with E-state index in [9.17, 15) is 33.6 Å². The standard InChI is InChI=1S/C39H48N6O8.C27H36N2O8.CO2/c1-5-19-52-39(49)45-30-23-31(26(3)22-28(30)37(48)44-18-8-6-11-29(44)38(45)53-34-13-7-9-20-51-34)50-21-10-12-33(46)41-32-24-43(4)35(42-32)36(47)40-27-16-14-25(2)15-17-27;1-3-13-36-27(33)29-21-17-22(34-15-8-10-23(30)31)18(2)16-19(21)25(32)28-12-6-4-9-20(28)26(29)37-24-11-5-7-14-35-24;2-1-3/h5,14-17,22-24,29,34,38H,1,6-13,18-21H2,2-4H3,(H,40,47)(H,41,46);3,16-17,20,24,26H,1,4-15H2,2H3,(H,30,31);/t29-,34?,38-;20-,24?,26?;/m00./s1. The number of ether oxygens (including phenoxy) is 8. The summed E-state index contributed by atoms with van der Waals surface area (Å²) in [4.78, 5) is 119. The first-order valence-corrected chi connectivity index (χ1v) is 31.7. The lowest BCUT2D eigenvalue weighted by molar-refractivity contribution is -0.199. The van der Waals surface area contributed by atoms with Gasteiger partial charge in [-0.3, -0.25) is 24.0 Å². The van der Waals surface area contributed by atoms with Gasteiger partial charge in [0.05, 0.1) is 47.8 Å². The van der Waals surface area contributed by atoms with Crippen molar-refractivity contribution in [1.29, 1.82) is 0 Å². The summed E-state index contributed by atoms with van der Waals surface area (Å²) in [6.07, 6.45) is 11.6. The van der Waals surface area contributed by atoms with Crippen LogP contribution in [-0.2, 0) is 54.6 Å². The van der Waals surface area contributed by atoms with E-state index in [1.165, 1.54) is 22.0 Å². The van der Waals surface area contributed by atoms with Crippen LogP contribution in [0.25, 0.3) is 0 Å². The van der Waals surface area contributed by atoms with Crippen LogP contribution < -0.4 is 29.9 Å². The molecule has 4 fully saturated rings. The molecule has 93 heavy (non-hydrogen) atoms. The second-order valence-electron chi connectivity index (χ2n) is 23.3. The van der Waals surface area contributed by atoms with Gasteiger partial charge < -0.3 is 68.0 Å². The number of amides is 6. The Morgan fingerprint density at radius 3 is 1.59 bits per heavy atom. The van der Waals surface area contributed by atoms with Gasteiger partial charge in [0.2, 0.25) is 11.7 Å². The third-order valence-electron chi connectivity index (χ3n) is 16.5. The minimum absolute atomic E-state index is 0.00402. The van der Waals surface area contributed by atoms with E-state index in [4.69, 9.17) is 52.6 Å². The van der Waals surface area contributed by atoms with Gasteiger partial charge in [-0.2, -0.15) is 9.59 Å². The normalized spacial score (nSPS) is 20.7. The molecule has 0 aliphatic carbocycles. The number of anilines is 4. The van der Waals surface area contributed by atoms with E-state index < -0.39 is 55.1 Å². The zero-order chi connectivity index (χ0) is 66.6. The predicted molar refractivity (Wildman–Crippen MR) is 338 cm³/mol. The monoisotopic (exact) mass is 1290 g/mol. The Morgan fingerprint density at radius 2 is 1.14 bits per heavy atom. The quantitative estimate of drug-likeness (QED) is 0.0516. The number of nitrogens with zero attached hydrogens (tertiary/aromatic N) is 6. The Balaban J connectivity index is 0.000000243. The topological polar surface area (TPSA) is 303 Å². The Labute approximate surface area is 540 Å². The lowest BCUT2D eigenvalue weighted by Gasteiger charge is -2.42. The minimum Gasteiger partial charge on any atom is -0.493 e. The van der Waals surface area contributed by atoms with Crippen LogP contribution in [0.3, 0.4) is 0 Å². The molecular weight excluding hydrogens is 1200 g/mol. The number of rotatable bonds is 21.